The molecule has 0 atom stereocenters. The minimum absolute atomic E-state index is 0.0637. The molecule has 1 fully saturated rings. The molecule has 12 heavy (non-hydrogen) atoms. The predicted molar refractivity (Wildman–Crippen MR) is 51.0 cm³/mol. The van der Waals surface area contributed by atoms with Crippen LogP contribution >= 0.6 is 0 Å². The van der Waals surface area contributed by atoms with Gasteiger partial charge in [-0.15, -0.1) is 0 Å². The number of hydrogen-bond donors (Lipinski definition) is 0. The van der Waals surface area contributed by atoms with Gasteiger partial charge < -0.3 is 0 Å². The van der Waals surface area contributed by atoms with Crippen LogP contribution in [0.3, 0.4) is 0 Å². The van der Waals surface area contributed by atoms with Crippen molar-refractivity contribution in [2.24, 2.45) is 17.3 Å². The van der Waals surface area contributed by atoms with E-state index in [9.17, 15) is 4.79 Å². The molecule has 0 aromatic rings. The highest BCUT2D eigenvalue weighted by molar-refractivity contribution is 5.87. The molecule has 1 aliphatic rings. The molecule has 0 radical (unpaired) electrons. The lowest BCUT2D eigenvalue weighted by Gasteiger charge is -2.45. The molecule has 0 amide bonds. The van der Waals surface area contributed by atoms with E-state index < -0.39 is 0 Å². The van der Waals surface area contributed by atoms with Crippen LogP contribution in [0, 0.1) is 17.3 Å². The van der Waals surface area contributed by atoms with Gasteiger partial charge >= 0.3 is 0 Å². The second-order valence-electron chi connectivity index (χ2n) is 4.68. The Bertz CT molecular complexity index is 175. The maximum Gasteiger partial charge on any atom is 0.141 e. The van der Waals surface area contributed by atoms with Gasteiger partial charge in [-0.05, 0) is 18.8 Å². The minimum Gasteiger partial charge on any atom is -0.299 e. The van der Waals surface area contributed by atoms with Crippen molar-refractivity contribution in [1.82, 2.24) is 0 Å². The maximum absolute atomic E-state index is 11.9. The fourth-order valence-electron chi connectivity index (χ4n) is 2.24. The molecule has 0 aliphatic heterocycles. The monoisotopic (exact) mass is 168 g/mol. The van der Waals surface area contributed by atoms with Crippen molar-refractivity contribution in [3.8, 4) is 0 Å². The molecule has 0 heterocycles. The van der Waals surface area contributed by atoms with E-state index >= 15 is 0 Å². The van der Waals surface area contributed by atoms with E-state index in [1.54, 1.807) is 0 Å². The average Bonchev–Trinajstić information content (AvgIpc) is 1.83. The summed E-state index contributed by atoms with van der Waals surface area (Å²) in [6, 6.07) is 0. The standard InChI is InChI=1S/C11H20O/c1-8(2)10(12)11(9(3)4)6-5-7-11/h8-9H,5-7H2,1-4H3. The molecule has 0 aromatic heterocycles. The van der Waals surface area contributed by atoms with E-state index in [-0.39, 0.29) is 11.3 Å². The second kappa shape index (κ2) is 3.20. The Hall–Kier alpha value is -0.330. The highest BCUT2D eigenvalue weighted by Gasteiger charge is 2.46. The zero-order chi connectivity index (χ0) is 9.35. The number of hydrogen-bond acceptors (Lipinski definition) is 1. The molecule has 1 saturated carbocycles. The van der Waals surface area contributed by atoms with Crippen molar-refractivity contribution in [1.29, 1.82) is 0 Å². The van der Waals surface area contributed by atoms with E-state index in [4.69, 9.17) is 0 Å². The molecule has 1 aliphatic carbocycles. The molecule has 0 spiro atoms. The Kier molecular flexibility index (Phi) is 2.60. The van der Waals surface area contributed by atoms with Crippen LogP contribution in [0.4, 0.5) is 0 Å². The summed E-state index contributed by atoms with van der Waals surface area (Å²) in [5.41, 5.74) is 0.0637. The predicted octanol–water partition coefficient (Wildman–Crippen LogP) is 3.04. The summed E-state index contributed by atoms with van der Waals surface area (Å²) >= 11 is 0. The first-order chi connectivity index (χ1) is 5.50. The molecule has 70 valence electrons. The van der Waals surface area contributed by atoms with Crippen LogP contribution in [-0.2, 0) is 4.79 Å². The maximum atomic E-state index is 11.9. The lowest BCUT2D eigenvalue weighted by atomic mass is 9.58. The van der Waals surface area contributed by atoms with E-state index in [2.05, 4.69) is 13.8 Å². The smallest absolute Gasteiger partial charge is 0.141 e. The molecule has 1 nitrogen and oxygen atoms in total. The van der Waals surface area contributed by atoms with Crippen molar-refractivity contribution in [2.45, 2.75) is 47.0 Å². The van der Waals surface area contributed by atoms with Gasteiger partial charge in [-0.2, -0.15) is 0 Å². The lowest BCUT2D eigenvalue weighted by Crippen LogP contribution is -2.44. The first kappa shape index (κ1) is 9.76. The van der Waals surface area contributed by atoms with Gasteiger partial charge in [0, 0.05) is 11.3 Å². The second-order valence-corrected chi connectivity index (χ2v) is 4.68. The van der Waals surface area contributed by atoms with Gasteiger partial charge in [0.15, 0.2) is 0 Å². The summed E-state index contributed by atoms with van der Waals surface area (Å²) < 4.78 is 0. The van der Waals surface area contributed by atoms with Crippen LogP contribution < -0.4 is 0 Å². The number of carbonyl (C=O) groups excluding carboxylic acids is 1. The molecule has 1 rings (SSSR count). The molecular formula is C11H20O. The summed E-state index contributed by atoms with van der Waals surface area (Å²) in [4.78, 5) is 11.9. The van der Waals surface area contributed by atoms with E-state index in [1.165, 1.54) is 6.42 Å². The highest BCUT2D eigenvalue weighted by Crippen LogP contribution is 2.49. The van der Waals surface area contributed by atoms with E-state index in [0.29, 0.717) is 11.7 Å². The third-order valence-corrected chi connectivity index (χ3v) is 3.37. The summed E-state index contributed by atoms with van der Waals surface area (Å²) in [6.45, 7) is 8.40. The molecule has 0 bridgehead atoms. The zero-order valence-electron chi connectivity index (χ0n) is 8.68. The topological polar surface area (TPSA) is 17.1 Å². The van der Waals surface area contributed by atoms with Crippen molar-refractivity contribution in [3.05, 3.63) is 0 Å². The molecule has 0 N–H and O–H groups in total. The van der Waals surface area contributed by atoms with Crippen molar-refractivity contribution in [2.75, 3.05) is 0 Å². The van der Waals surface area contributed by atoms with Gasteiger partial charge in [-0.25, -0.2) is 0 Å². The minimum atomic E-state index is 0.0637. The summed E-state index contributed by atoms with van der Waals surface area (Å²) in [7, 11) is 0. The van der Waals surface area contributed by atoms with E-state index in [0.717, 1.165) is 12.8 Å². The van der Waals surface area contributed by atoms with Crippen LogP contribution in [0.5, 0.6) is 0 Å². The van der Waals surface area contributed by atoms with Gasteiger partial charge in [0.2, 0.25) is 0 Å². The van der Waals surface area contributed by atoms with Crippen LogP contribution in [-0.4, -0.2) is 5.78 Å². The average molecular weight is 168 g/mol. The fraction of sp³-hybridized carbons (Fsp3) is 0.909. The lowest BCUT2D eigenvalue weighted by molar-refractivity contribution is -0.140. The largest absolute Gasteiger partial charge is 0.299 e. The van der Waals surface area contributed by atoms with E-state index in [1.807, 2.05) is 13.8 Å². The zero-order valence-corrected chi connectivity index (χ0v) is 8.68. The Labute approximate surface area is 75.5 Å². The fourth-order valence-corrected chi connectivity index (χ4v) is 2.24. The quantitative estimate of drug-likeness (QED) is 0.633. The number of carbonyl (C=O) groups is 1. The number of Topliss-reactive ketones (excluding diaryl/α,β-unsaturated/α-hetero) is 1. The Morgan fingerprint density at radius 3 is 1.75 bits per heavy atom. The SMILES string of the molecule is CC(C)C(=O)C1(C(C)C)CCC1. The molecule has 1 heteroatoms. The van der Waals surface area contributed by atoms with Gasteiger partial charge in [-0.1, -0.05) is 34.1 Å². The van der Waals surface area contributed by atoms with Gasteiger partial charge in [0.1, 0.15) is 5.78 Å². The van der Waals surface area contributed by atoms with Crippen LogP contribution in [0.1, 0.15) is 47.0 Å². The summed E-state index contributed by atoms with van der Waals surface area (Å²) in [5, 5.41) is 0. The Morgan fingerprint density at radius 1 is 1.17 bits per heavy atom. The van der Waals surface area contributed by atoms with Crippen LogP contribution in [0.25, 0.3) is 0 Å². The molecule has 0 aromatic carbocycles. The van der Waals surface area contributed by atoms with Gasteiger partial charge in [0.05, 0.1) is 0 Å². The number of ketones is 1. The molecule has 0 saturated heterocycles. The van der Waals surface area contributed by atoms with Crippen LogP contribution in [0.2, 0.25) is 0 Å². The van der Waals surface area contributed by atoms with Gasteiger partial charge in [0.25, 0.3) is 0 Å². The third kappa shape index (κ3) is 1.30. The summed E-state index contributed by atoms with van der Waals surface area (Å²) in [5.74, 6) is 1.23. The summed E-state index contributed by atoms with van der Waals surface area (Å²) in [6.07, 6.45) is 3.50. The molecule has 0 unspecified atom stereocenters. The highest BCUT2D eigenvalue weighted by atomic mass is 16.1. The normalized spacial score (nSPS) is 21.2. The Balaban J connectivity index is 2.74. The molecular weight excluding hydrogens is 148 g/mol. The first-order valence-corrected chi connectivity index (χ1v) is 5.05. The van der Waals surface area contributed by atoms with Crippen molar-refractivity contribution >= 4 is 5.78 Å². The first-order valence-electron chi connectivity index (χ1n) is 5.05. The third-order valence-electron chi connectivity index (χ3n) is 3.37. The van der Waals surface area contributed by atoms with Crippen LogP contribution in [0.15, 0.2) is 0 Å². The van der Waals surface area contributed by atoms with Gasteiger partial charge in [-0.3, -0.25) is 4.79 Å². The van der Waals surface area contributed by atoms with Crippen molar-refractivity contribution < 1.29 is 4.79 Å². The Morgan fingerprint density at radius 2 is 1.67 bits per heavy atom. The van der Waals surface area contributed by atoms with Crippen molar-refractivity contribution in [3.63, 3.8) is 0 Å². The number of rotatable bonds is 3.